The molecule has 1 nitrogen and oxygen atoms in total. The van der Waals surface area contributed by atoms with Gasteiger partial charge < -0.3 is 5.11 Å². The van der Waals surface area contributed by atoms with Gasteiger partial charge in [0.05, 0.1) is 6.10 Å². The van der Waals surface area contributed by atoms with Crippen molar-refractivity contribution < 1.29 is 5.11 Å². The highest BCUT2D eigenvalue weighted by Gasteiger charge is 1.90. The van der Waals surface area contributed by atoms with E-state index in [1.54, 1.807) is 0 Å². The lowest BCUT2D eigenvalue weighted by Gasteiger charge is -1.98. The summed E-state index contributed by atoms with van der Waals surface area (Å²) in [6, 6.07) is 0. The van der Waals surface area contributed by atoms with Gasteiger partial charge >= 0.3 is 0 Å². The monoisotopic (exact) mass is 164 g/mol. The summed E-state index contributed by atoms with van der Waals surface area (Å²) in [5.74, 6) is 0. The molecule has 0 bridgehead atoms. The van der Waals surface area contributed by atoms with Crippen molar-refractivity contribution in [3.8, 4) is 0 Å². The summed E-state index contributed by atoms with van der Waals surface area (Å²) < 4.78 is 0. The Kier molecular flexibility index (Phi) is 45.9. The van der Waals surface area contributed by atoms with Crippen LogP contribution in [0.15, 0.2) is 0 Å². The van der Waals surface area contributed by atoms with Gasteiger partial charge in [-0.3, -0.25) is 0 Å². The summed E-state index contributed by atoms with van der Waals surface area (Å²) in [5, 5.41) is 8.67. The molecule has 11 heavy (non-hydrogen) atoms. The van der Waals surface area contributed by atoms with Crippen LogP contribution >= 0.6 is 0 Å². The molecule has 1 heteroatoms. The first-order valence-electron chi connectivity index (χ1n) is 3.90. The lowest BCUT2D eigenvalue weighted by atomic mass is 10.2. The lowest BCUT2D eigenvalue weighted by Crippen LogP contribution is -1.99. The fraction of sp³-hybridized carbons (Fsp3) is 1.00. The second-order valence-corrected chi connectivity index (χ2v) is 2.18. The largest absolute Gasteiger partial charge is 0.393 e. The Balaban J connectivity index is -0.0000000437. The van der Waals surface area contributed by atoms with Gasteiger partial charge in [-0.2, -0.15) is 0 Å². The molecule has 0 spiro atoms. The number of rotatable bonds is 2. The van der Waals surface area contributed by atoms with Crippen LogP contribution in [0, 0.1) is 0 Å². The van der Waals surface area contributed by atoms with Gasteiger partial charge in [0, 0.05) is 0 Å². The maximum Gasteiger partial charge on any atom is 0.0535 e. The smallest absolute Gasteiger partial charge is 0.0535 e. The second-order valence-electron chi connectivity index (χ2n) is 2.18. The first kappa shape index (κ1) is 22.4. The van der Waals surface area contributed by atoms with Crippen molar-refractivity contribution in [3.05, 3.63) is 0 Å². The molecule has 0 saturated heterocycles. The molecule has 0 aromatic carbocycles. The zero-order chi connectivity index (χ0) is 7.70. The highest BCUT2D eigenvalue weighted by molar-refractivity contribution is 4.43. The normalized spacial score (nSPS) is 7.09. The van der Waals surface area contributed by atoms with E-state index in [0.717, 1.165) is 12.8 Å². The van der Waals surface area contributed by atoms with Crippen molar-refractivity contribution in [1.82, 2.24) is 0 Å². The molecule has 0 aliphatic heterocycles. The Labute approximate surface area is 73.8 Å². The Hall–Kier alpha value is -0.0400. The number of aliphatic hydroxyl groups excluding tert-OH is 1. The summed E-state index contributed by atoms with van der Waals surface area (Å²) in [6.07, 6.45) is 2.96. The SMILES string of the molecule is C.C.CCC.CCC(O)CC. The van der Waals surface area contributed by atoms with E-state index >= 15 is 0 Å². The average Bonchev–Trinajstić information content (AvgIpc) is 1.88. The first-order valence-corrected chi connectivity index (χ1v) is 3.90. The zero-order valence-electron chi connectivity index (χ0n) is 7.15. The molecule has 0 amide bonds. The van der Waals surface area contributed by atoms with Crippen LogP contribution in [0.5, 0.6) is 0 Å². The molecule has 1 N–H and O–H groups in total. The van der Waals surface area contributed by atoms with Crippen molar-refractivity contribution in [1.29, 1.82) is 0 Å². The van der Waals surface area contributed by atoms with E-state index in [-0.39, 0.29) is 21.0 Å². The van der Waals surface area contributed by atoms with Gasteiger partial charge in [0.2, 0.25) is 0 Å². The van der Waals surface area contributed by atoms with Gasteiger partial charge in [-0.15, -0.1) is 0 Å². The Morgan fingerprint density at radius 2 is 1.09 bits per heavy atom. The molecular weight excluding hydrogens is 136 g/mol. The van der Waals surface area contributed by atoms with E-state index in [1.807, 2.05) is 13.8 Å². The van der Waals surface area contributed by atoms with Gasteiger partial charge in [-0.25, -0.2) is 0 Å². The summed E-state index contributed by atoms with van der Waals surface area (Å²) in [6.45, 7) is 8.21. The molecule has 0 heterocycles. The highest BCUT2D eigenvalue weighted by atomic mass is 16.3. The topological polar surface area (TPSA) is 20.2 Å². The van der Waals surface area contributed by atoms with E-state index in [2.05, 4.69) is 13.8 Å². The minimum Gasteiger partial charge on any atom is -0.393 e. The van der Waals surface area contributed by atoms with Crippen LogP contribution < -0.4 is 0 Å². The molecule has 0 aromatic rings. The van der Waals surface area contributed by atoms with Crippen LogP contribution in [0.4, 0.5) is 0 Å². The Bertz CT molecular complexity index is 31.9. The maximum atomic E-state index is 8.67. The molecule has 0 aromatic heterocycles. The minimum atomic E-state index is -0.0648. The lowest BCUT2D eigenvalue weighted by molar-refractivity contribution is 0.166. The first-order chi connectivity index (χ1) is 4.22. The zero-order valence-corrected chi connectivity index (χ0v) is 7.15. The molecule has 0 unspecified atom stereocenters. The predicted octanol–water partition coefficient (Wildman–Crippen LogP) is 3.86. The molecule has 0 radical (unpaired) electrons. The maximum absolute atomic E-state index is 8.67. The predicted molar refractivity (Wildman–Crippen MR) is 56.0 cm³/mol. The molecule has 0 saturated carbocycles. The quantitative estimate of drug-likeness (QED) is 0.657. The third kappa shape index (κ3) is 40.2. The van der Waals surface area contributed by atoms with Crippen molar-refractivity contribution in [2.75, 3.05) is 0 Å². The van der Waals surface area contributed by atoms with Crippen LogP contribution in [0.25, 0.3) is 0 Å². The number of aliphatic hydroxyl groups is 1. The second kappa shape index (κ2) is 22.5. The van der Waals surface area contributed by atoms with Gasteiger partial charge in [0.15, 0.2) is 0 Å². The number of hydrogen-bond acceptors (Lipinski definition) is 1. The van der Waals surface area contributed by atoms with Crippen LogP contribution in [0.2, 0.25) is 0 Å². The van der Waals surface area contributed by atoms with Crippen molar-refractivity contribution >= 4 is 0 Å². The van der Waals surface area contributed by atoms with E-state index in [0.29, 0.717) is 0 Å². The van der Waals surface area contributed by atoms with Crippen molar-refractivity contribution in [2.45, 2.75) is 67.9 Å². The van der Waals surface area contributed by atoms with E-state index in [1.165, 1.54) is 6.42 Å². The third-order valence-corrected chi connectivity index (χ3v) is 0.942. The molecular formula is C10H28O. The van der Waals surface area contributed by atoms with Crippen molar-refractivity contribution in [3.63, 3.8) is 0 Å². The molecule has 74 valence electrons. The molecule has 0 aliphatic carbocycles. The van der Waals surface area contributed by atoms with Crippen LogP contribution in [-0.4, -0.2) is 11.2 Å². The fourth-order valence-electron chi connectivity index (χ4n) is 0.289. The van der Waals surface area contributed by atoms with E-state index < -0.39 is 0 Å². The van der Waals surface area contributed by atoms with Gasteiger partial charge in [0.1, 0.15) is 0 Å². The minimum absolute atomic E-state index is 0. The van der Waals surface area contributed by atoms with Gasteiger partial charge in [-0.05, 0) is 12.8 Å². The standard InChI is InChI=1S/C5H12O.C3H8.2CH4/c1-3-5(6)4-2;1-3-2;;/h5-6H,3-4H2,1-2H3;3H2,1-2H3;2*1H4. The van der Waals surface area contributed by atoms with E-state index in [9.17, 15) is 0 Å². The Morgan fingerprint density at radius 1 is 0.909 bits per heavy atom. The summed E-state index contributed by atoms with van der Waals surface area (Å²) in [4.78, 5) is 0. The molecule has 0 aliphatic rings. The molecule has 0 fully saturated rings. The average molecular weight is 164 g/mol. The van der Waals surface area contributed by atoms with Gasteiger partial charge in [0.25, 0.3) is 0 Å². The van der Waals surface area contributed by atoms with Crippen LogP contribution in [0.1, 0.15) is 61.8 Å². The molecule has 0 atom stereocenters. The van der Waals surface area contributed by atoms with Gasteiger partial charge in [-0.1, -0.05) is 49.0 Å². The molecule has 0 rings (SSSR count). The third-order valence-electron chi connectivity index (χ3n) is 0.942. The van der Waals surface area contributed by atoms with Crippen LogP contribution in [-0.2, 0) is 0 Å². The fourth-order valence-corrected chi connectivity index (χ4v) is 0.289. The van der Waals surface area contributed by atoms with E-state index in [4.69, 9.17) is 5.11 Å². The van der Waals surface area contributed by atoms with Crippen molar-refractivity contribution in [2.24, 2.45) is 0 Å². The highest BCUT2D eigenvalue weighted by Crippen LogP contribution is 1.91. The summed E-state index contributed by atoms with van der Waals surface area (Å²) in [5.41, 5.74) is 0. The Morgan fingerprint density at radius 3 is 1.09 bits per heavy atom. The summed E-state index contributed by atoms with van der Waals surface area (Å²) >= 11 is 0. The van der Waals surface area contributed by atoms with Crippen LogP contribution in [0.3, 0.4) is 0 Å². The number of hydrogen-bond donors (Lipinski definition) is 1. The summed E-state index contributed by atoms with van der Waals surface area (Å²) in [7, 11) is 0.